The van der Waals surface area contributed by atoms with Gasteiger partial charge in [0.1, 0.15) is 0 Å². The van der Waals surface area contributed by atoms with Crippen molar-refractivity contribution in [2.24, 2.45) is 5.92 Å². The van der Waals surface area contributed by atoms with Crippen LogP contribution in [0.4, 0.5) is 5.69 Å². The Balaban J connectivity index is 1.64. The van der Waals surface area contributed by atoms with Gasteiger partial charge in [-0.1, -0.05) is 31.5 Å². The molecular weight excluding hydrogens is 438 g/mol. The van der Waals surface area contributed by atoms with Crippen LogP contribution in [0.1, 0.15) is 36.2 Å². The molecule has 7 nitrogen and oxygen atoms in total. The van der Waals surface area contributed by atoms with Gasteiger partial charge in [0.15, 0.2) is 0 Å². The third kappa shape index (κ3) is 6.56. The van der Waals surface area contributed by atoms with Gasteiger partial charge >= 0.3 is 0 Å². The molecule has 1 N–H and O–H groups in total. The van der Waals surface area contributed by atoms with Crippen LogP contribution in [0.3, 0.4) is 0 Å². The molecule has 1 saturated heterocycles. The average molecular weight is 474 g/mol. The minimum Gasteiger partial charge on any atom is -0.379 e. The van der Waals surface area contributed by atoms with Crippen molar-refractivity contribution in [2.45, 2.75) is 38.1 Å². The van der Waals surface area contributed by atoms with Gasteiger partial charge < -0.3 is 10.1 Å². The fourth-order valence-electron chi connectivity index (χ4n) is 3.99. The lowest BCUT2D eigenvalue weighted by molar-refractivity contribution is 0.0124. The lowest BCUT2D eigenvalue weighted by atomic mass is 10.0. The number of morpholine rings is 1. The molecule has 180 valence electrons. The number of sulfonamides is 1. The lowest BCUT2D eigenvalue weighted by Crippen LogP contribution is -2.49. The number of nitrogens with one attached hydrogen (secondary N) is 1. The summed E-state index contributed by atoms with van der Waals surface area (Å²) in [5, 5.41) is 3.06. The number of nitrogens with zero attached hydrogens (tertiary/aromatic N) is 2. The molecule has 0 spiro atoms. The summed E-state index contributed by atoms with van der Waals surface area (Å²) in [7, 11) is -2.15. The quantitative estimate of drug-likeness (QED) is 0.605. The monoisotopic (exact) mass is 473 g/mol. The highest BCUT2D eigenvalue weighted by Gasteiger charge is 2.24. The van der Waals surface area contributed by atoms with Crippen molar-refractivity contribution in [3.05, 3.63) is 59.7 Å². The van der Waals surface area contributed by atoms with Gasteiger partial charge in [-0.25, -0.2) is 8.42 Å². The zero-order chi connectivity index (χ0) is 24.0. The van der Waals surface area contributed by atoms with Crippen LogP contribution < -0.4 is 9.62 Å². The molecule has 1 atom stereocenters. The number of carbonyl (C=O) groups excluding carboxylic acids is 1. The van der Waals surface area contributed by atoms with E-state index in [2.05, 4.69) is 24.1 Å². The van der Waals surface area contributed by atoms with Gasteiger partial charge in [0, 0.05) is 38.3 Å². The highest BCUT2D eigenvalue weighted by atomic mass is 32.2. The van der Waals surface area contributed by atoms with Crippen LogP contribution in [0.2, 0.25) is 0 Å². The van der Waals surface area contributed by atoms with E-state index in [0.29, 0.717) is 23.7 Å². The molecular formula is C25H35N3O4S. The second kappa shape index (κ2) is 11.1. The molecule has 2 aromatic carbocycles. The van der Waals surface area contributed by atoms with Gasteiger partial charge in [0.05, 0.1) is 23.8 Å². The van der Waals surface area contributed by atoms with Crippen molar-refractivity contribution < 1.29 is 17.9 Å². The third-order valence-electron chi connectivity index (χ3n) is 5.98. The van der Waals surface area contributed by atoms with E-state index in [4.69, 9.17) is 4.74 Å². The molecule has 8 heteroatoms. The van der Waals surface area contributed by atoms with Gasteiger partial charge in [0.25, 0.3) is 15.9 Å². The van der Waals surface area contributed by atoms with Crippen LogP contribution in [0.25, 0.3) is 0 Å². The molecule has 3 rings (SSSR count). The topological polar surface area (TPSA) is 79.0 Å². The predicted octanol–water partition coefficient (Wildman–Crippen LogP) is 3.30. The number of benzene rings is 2. The van der Waals surface area contributed by atoms with Crippen LogP contribution in [0, 0.1) is 12.8 Å². The molecule has 1 amide bonds. The fraction of sp³-hybridized carbons (Fsp3) is 0.480. The molecule has 0 saturated carbocycles. The third-order valence-corrected chi connectivity index (χ3v) is 7.78. The first-order chi connectivity index (χ1) is 15.7. The van der Waals surface area contributed by atoms with E-state index in [1.54, 1.807) is 48.5 Å². The lowest BCUT2D eigenvalue weighted by Gasteiger charge is -2.35. The summed E-state index contributed by atoms with van der Waals surface area (Å²) in [4.78, 5) is 15.4. The number of aryl methyl sites for hydroxylation is 1. The Morgan fingerprint density at radius 2 is 1.67 bits per heavy atom. The van der Waals surface area contributed by atoms with E-state index in [1.165, 1.54) is 11.4 Å². The zero-order valence-corrected chi connectivity index (χ0v) is 20.8. The van der Waals surface area contributed by atoms with Gasteiger partial charge in [-0.15, -0.1) is 0 Å². The van der Waals surface area contributed by atoms with Crippen LogP contribution in [-0.4, -0.2) is 65.2 Å². The molecule has 33 heavy (non-hydrogen) atoms. The van der Waals surface area contributed by atoms with E-state index in [-0.39, 0.29) is 16.8 Å². The van der Waals surface area contributed by atoms with Gasteiger partial charge in [-0.3, -0.25) is 14.0 Å². The number of hydrogen-bond acceptors (Lipinski definition) is 5. The van der Waals surface area contributed by atoms with Gasteiger partial charge in [0.2, 0.25) is 0 Å². The van der Waals surface area contributed by atoms with Crippen molar-refractivity contribution in [1.29, 1.82) is 0 Å². The molecule has 1 fully saturated rings. The fourth-order valence-corrected chi connectivity index (χ4v) is 5.19. The van der Waals surface area contributed by atoms with Crippen LogP contribution >= 0.6 is 0 Å². The highest BCUT2D eigenvalue weighted by Crippen LogP contribution is 2.23. The molecule has 0 aromatic heterocycles. The summed E-state index contributed by atoms with van der Waals surface area (Å²) in [6.45, 7) is 10.1. The molecule has 0 radical (unpaired) electrons. The molecule has 2 aromatic rings. The van der Waals surface area contributed by atoms with Gasteiger partial charge in [-0.05, 0) is 55.7 Å². The first-order valence-electron chi connectivity index (χ1n) is 11.4. The number of hydrogen-bond donors (Lipinski definition) is 1. The maximum absolute atomic E-state index is 12.9. The summed E-state index contributed by atoms with van der Waals surface area (Å²) in [5.74, 6) is 0.368. The van der Waals surface area contributed by atoms with Crippen LogP contribution in [0.5, 0.6) is 0 Å². The number of ether oxygens (including phenoxy) is 1. The largest absolute Gasteiger partial charge is 0.379 e. The Bertz CT molecular complexity index is 1010. The smallest absolute Gasteiger partial charge is 0.264 e. The van der Waals surface area contributed by atoms with E-state index in [1.807, 2.05) is 6.92 Å². The Labute approximate surface area is 197 Å². The second-order valence-electron chi connectivity index (χ2n) is 8.97. The standard InChI is InChI=1S/C25H35N3O4S/c1-19(2)17-23(28-13-15-32-16-14-28)18-26-25(29)21-7-9-22(10-8-21)27(4)33(30,31)24-11-5-20(3)6-12-24/h5-12,19,23H,13-18H2,1-4H3,(H,26,29). The van der Waals surface area contributed by atoms with E-state index in [9.17, 15) is 13.2 Å². The first-order valence-corrected chi connectivity index (χ1v) is 12.9. The number of rotatable bonds is 9. The summed E-state index contributed by atoms with van der Waals surface area (Å²) in [5.41, 5.74) is 2.00. The van der Waals surface area contributed by atoms with Crippen LogP contribution in [-0.2, 0) is 14.8 Å². The Kier molecular flexibility index (Phi) is 8.51. The predicted molar refractivity (Wildman–Crippen MR) is 131 cm³/mol. The molecule has 1 aliphatic heterocycles. The minimum absolute atomic E-state index is 0.160. The summed E-state index contributed by atoms with van der Waals surface area (Å²) < 4.78 is 32.5. The Morgan fingerprint density at radius 1 is 1.06 bits per heavy atom. The maximum Gasteiger partial charge on any atom is 0.264 e. The highest BCUT2D eigenvalue weighted by molar-refractivity contribution is 7.92. The second-order valence-corrected chi connectivity index (χ2v) is 10.9. The Hall–Kier alpha value is -2.42. The van der Waals surface area contributed by atoms with Crippen LogP contribution in [0.15, 0.2) is 53.4 Å². The van der Waals surface area contributed by atoms with E-state index < -0.39 is 10.0 Å². The van der Waals surface area contributed by atoms with E-state index in [0.717, 1.165) is 38.3 Å². The van der Waals surface area contributed by atoms with Crippen molar-refractivity contribution in [2.75, 3.05) is 44.2 Å². The average Bonchev–Trinajstić information content (AvgIpc) is 2.81. The van der Waals surface area contributed by atoms with E-state index >= 15 is 0 Å². The number of amides is 1. The Morgan fingerprint density at radius 3 is 2.24 bits per heavy atom. The maximum atomic E-state index is 12.9. The summed E-state index contributed by atoms with van der Waals surface area (Å²) in [6, 6.07) is 13.7. The minimum atomic E-state index is -3.67. The molecule has 0 aliphatic carbocycles. The van der Waals surface area contributed by atoms with Gasteiger partial charge in [-0.2, -0.15) is 0 Å². The number of anilines is 1. The van der Waals surface area contributed by atoms with Crippen molar-refractivity contribution >= 4 is 21.6 Å². The van der Waals surface area contributed by atoms with Crippen molar-refractivity contribution in [3.8, 4) is 0 Å². The molecule has 1 aliphatic rings. The summed E-state index contributed by atoms with van der Waals surface area (Å²) in [6.07, 6.45) is 1.00. The summed E-state index contributed by atoms with van der Waals surface area (Å²) >= 11 is 0. The SMILES string of the molecule is Cc1ccc(S(=O)(=O)N(C)c2ccc(C(=O)NCC(CC(C)C)N3CCOCC3)cc2)cc1. The van der Waals surface area contributed by atoms with Crippen molar-refractivity contribution in [3.63, 3.8) is 0 Å². The first kappa shape index (κ1) is 25.2. The normalized spacial score (nSPS) is 15.9. The number of carbonyl (C=O) groups is 1. The molecule has 0 bridgehead atoms. The molecule has 1 unspecified atom stereocenters. The molecule has 1 heterocycles. The zero-order valence-electron chi connectivity index (χ0n) is 20.0. The van der Waals surface area contributed by atoms with Crippen molar-refractivity contribution in [1.82, 2.24) is 10.2 Å².